The third kappa shape index (κ3) is 11.8. The highest BCUT2D eigenvalue weighted by molar-refractivity contribution is 5.49. The highest BCUT2D eigenvalue weighted by atomic mass is 16.5. The fourth-order valence-corrected chi connectivity index (χ4v) is 1.96. The summed E-state index contributed by atoms with van der Waals surface area (Å²) < 4.78 is 0. The van der Waals surface area contributed by atoms with E-state index in [2.05, 4.69) is 6.92 Å². The van der Waals surface area contributed by atoms with Crippen molar-refractivity contribution in [3.63, 3.8) is 0 Å². The van der Waals surface area contributed by atoms with Gasteiger partial charge < -0.3 is 15.0 Å². The zero-order valence-corrected chi connectivity index (χ0v) is 11.2. The van der Waals surface area contributed by atoms with Crippen LogP contribution in [0.4, 0.5) is 0 Å². The molecule has 0 radical (unpaired) electrons. The summed E-state index contributed by atoms with van der Waals surface area (Å²) in [5.74, 6) is -1.64. The fourth-order valence-electron chi connectivity index (χ4n) is 1.96. The minimum Gasteiger partial charge on any atom is -0.366 e. The molecule has 3 heteroatoms. The van der Waals surface area contributed by atoms with Gasteiger partial charge in [-0.2, -0.15) is 0 Å². The number of rotatable bonds is 12. The minimum atomic E-state index is -1.64. The van der Waals surface area contributed by atoms with E-state index >= 15 is 0 Å². The summed E-state index contributed by atoms with van der Waals surface area (Å²) in [5, 5.41) is 19.0. The van der Waals surface area contributed by atoms with Gasteiger partial charge in [-0.25, -0.2) is 0 Å². The molecule has 0 heterocycles. The van der Waals surface area contributed by atoms with Crippen LogP contribution in [-0.4, -0.2) is 22.3 Å². The summed E-state index contributed by atoms with van der Waals surface area (Å²) in [6.07, 6.45) is 11.0. The third-order valence-corrected chi connectivity index (χ3v) is 3.09. The van der Waals surface area contributed by atoms with Gasteiger partial charge in [-0.3, -0.25) is 0 Å². The van der Waals surface area contributed by atoms with E-state index in [1.165, 1.54) is 38.5 Å². The number of carbonyl (C=O) groups is 1. The number of hydrogen-bond donors (Lipinski definition) is 2. The summed E-state index contributed by atoms with van der Waals surface area (Å²) in [7, 11) is 0. The Morgan fingerprint density at radius 3 is 1.94 bits per heavy atom. The Morgan fingerprint density at radius 2 is 1.41 bits per heavy atom. The quantitative estimate of drug-likeness (QED) is 0.315. The van der Waals surface area contributed by atoms with E-state index in [4.69, 9.17) is 0 Å². The van der Waals surface area contributed by atoms with Gasteiger partial charge in [0, 0.05) is 19.3 Å². The van der Waals surface area contributed by atoms with Crippen molar-refractivity contribution >= 4 is 6.29 Å². The smallest absolute Gasteiger partial charge is 0.162 e. The molecule has 0 amide bonds. The molecule has 0 aliphatic carbocycles. The molecule has 0 aromatic rings. The van der Waals surface area contributed by atoms with Gasteiger partial charge in [-0.15, -0.1) is 0 Å². The first-order chi connectivity index (χ1) is 8.12. The van der Waals surface area contributed by atoms with Gasteiger partial charge in [0.25, 0.3) is 0 Å². The molecule has 0 saturated carbocycles. The van der Waals surface area contributed by atoms with Gasteiger partial charge in [0.05, 0.1) is 0 Å². The second-order valence-corrected chi connectivity index (χ2v) is 4.91. The van der Waals surface area contributed by atoms with Crippen LogP contribution in [0.3, 0.4) is 0 Å². The predicted octanol–water partition coefficient (Wildman–Crippen LogP) is 3.18. The number of carbonyl (C=O) groups excluding carboxylic acids is 1. The van der Waals surface area contributed by atoms with Crippen molar-refractivity contribution in [2.24, 2.45) is 0 Å². The molecule has 0 unspecified atom stereocenters. The van der Waals surface area contributed by atoms with E-state index in [-0.39, 0.29) is 12.8 Å². The molecule has 0 fully saturated rings. The van der Waals surface area contributed by atoms with Crippen LogP contribution in [0.1, 0.15) is 77.6 Å². The number of unbranched alkanes of at least 4 members (excludes halogenated alkanes) is 7. The second-order valence-electron chi connectivity index (χ2n) is 4.91. The molecule has 3 nitrogen and oxygen atoms in total. The Balaban J connectivity index is 3.28. The van der Waals surface area contributed by atoms with Gasteiger partial charge in [0.15, 0.2) is 5.79 Å². The van der Waals surface area contributed by atoms with Crippen molar-refractivity contribution in [1.82, 2.24) is 0 Å². The zero-order valence-electron chi connectivity index (χ0n) is 11.2. The highest BCUT2D eigenvalue weighted by Gasteiger charge is 2.21. The Kier molecular flexibility index (Phi) is 10.5. The van der Waals surface area contributed by atoms with Gasteiger partial charge in [0.1, 0.15) is 6.29 Å². The van der Waals surface area contributed by atoms with Crippen molar-refractivity contribution in [2.45, 2.75) is 83.3 Å². The molecule has 0 bridgehead atoms. The van der Waals surface area contributed by atoms with Crippen LogP contribution in [0, 0.1) is 0 Å². The fraction of sp³-hybridized carbons (Fsp3) is 0.929. The van der Waals surface area contributed by atoms with Crippen LogP contribution in [-0.2, 0) is 4.79 Å². The van der Waals surface area contributed by atoms with Crippen molar-refractivity contribution in [1.29, 1.82) is 0 Å². The highest BCUT2D eigenvalue weighted by Crippen LogP contribution is 2.18. The first kappa shape index (κ1) is 16.6. The van der Waals surface area contributed by atoms with E-state index < -0.39 is 5.79 Å². The molecular weight excluding hydrogens is 216 g/mol. The number of hydrogen-bond acceptors (Lipinski definition) is 3. The van der Waals surface area contributed by atoms with E-state index in [0.29, 0.717) is 6.42 Å². The van der Waals surface area contributed by atoms with Crippen molar-refractivity contribution in [3.8, 4) is 0 Å². The maximum absolute atomic E-state index is 10.1. The molecule has 0 spiro atoms. The Bertz CT molecular complexity index is 178. The largest absolute Gasteiger partial charge is 0.366 e. The van der Waals surface area contributed by atoms with Gasteiger partial charge in [-0.1, -0.05) is 51.9 Å². The zero-order chi connectivity index (χ0) is 13.0. The SMILES string of the molecule is CCCCCCCCCCC(O)(O)CCC=O. The van der Waals surface area contributed by atoms with Gasteiger partial charge >= 0.3 is 0 Å². The molecule has 102 valence electrons. The maximum atomic E-state index is 10.1. The molecule has 2 N–H and O–H groups in total. The molecular formula is C14H28O3. The predicted molar refractivity (Wildman–Crippen MR) is 69.7 cm³/mol. The lowest BCUT2D eigenvalue weighted by atomic mass is 10.0. The molecule has 17 heavy (non-hydrogen) atoms. The first-order valence-corrected chi connectivity index (χ1v) is 7.01. The monoisotopic (exact) mass is 244 g/mol. The lowest BCUT2D eigenvalue weighted by molar-refractivity contribution is -0.172. The average molecular weight is 244 g/mol. The summed E-state index contributed by atoms with van der Waals surface area (Å²) >= 11 is 0. The molecule has 0 saturated heterocycles. The first-order valence-electron chi connectivity index (χ1n) is 7.01. The topological polar surface area (TPSA) is 57.5 Å². The number of aliphatic hydroxyl groups is 2. The molecule has 0 rings (SSSR count). The van der Waals surface area contributed by atoms with Crippen LogP contribution in [0.15, 0.2) is 0 Å². The van der Waals surface area contributed by atoms with E-state index in [1.807, 2.05) is 0 Å². The summed E-state index contributed by atoms with van der Waals surface area (Å²) in [6, 6.07) is 0. The summed E-state index contributed by atoms with van der Waals surface area (Å²) in [4.78, 5) is 10.1. The Hall–Kier alpha value is -0.410. The van der Waals surface area contributed by atoms with Crippen molar-refractivity contribution in [2.75, 3.05) is 0 Å². The second kappa shape index (κ2) is 10.7. The Morgan fingerprint density at radius 1 is 0.882 bits per heavy atom. The molecule has 0 aromatic carbocycles. The average Bonchev–Trinajstić information content (AvgIpc) is 2.30. The standard InChI is InChI=1S/C14H28O3/c1-2-3-4-5-6-7-8-9-11-14(16,17)12-10-13-15/h13,16-17H,2-12H2,1H3. The third-order valence-electron chi connectivity index (χ3n) is 3.09. The van der Waals surface area contributed by atoms with Gasteiger partial charge in [0.2, 0.25) is 0 Å². The molecule has 0 atom stereocenters. The van der Waals surface area contributed by atoms with Crippen molar-refractivity contribution in [3.05, 3.63) is 0 Å². The van der Waals surface area contributed by atoms with E-state index in [1.54, 1.807) is 0 Å². The maximum Gasteiger partial charge on any atom is 0.162 e. The molecule has 0 aromatic heterocycles. The van der Waals surface area contributed by atoms with Crippen LogP contribution in [0.2, 0.25) is 0 Å². The van der Waals surface area contributed by atoms with Crippen LogP contribution in [0.25, 0.3) is 0 Å². The summed E-state index contributed by atoms with van der Waals surface area (Å²) in [5.41, 5.74) is 0. The van der Waals surface area contributed by atoms with E-state index in [0.717, 1.165) is 19.1 Å². The van der Waals surface area contributed by atoms with Crippen molar-refractivity contribution < 1.29 is 15.0 Å². The van der Waals surface area contributed by atoms with Crippen LogP contribution < -0.4 is 0 Å². The number of aldehydes is 1. The molecule has 0 aliphatic rings. The lowest BCUT2D eigenvalue weighted by Gasteiger charge is -2.20. The van der Waals surface area contributed by atoms with E-state index in [9.17, 15) is 15.0 Å². The minimum absolute atomic E-state index is 0.160. The summed E-state index contributed by atoms with van der Waals surface area (Å²) in [6.45, 7) is 2.21. The lowest BCUT2D eigenvalue weighted by Crippen LogP contribution is -2.27. The molecule has 0 aliphatic heterocycles. The van der Waals surface area contributed by atoms with Gasteiger partial charge in [-0.05, 0) is 6.42 Å². The van der Waals surface area contributed by atoms with Crippen LogP contribution in [0.5, 0.6) is 0 Å². The van der Waals surface area contributed by atoms with Crippen LogP contribution >= 0.6 is 0 Å². The Labute approximate surface area is 105 Å². The normalized spacial score (nSPS) is 11.7.